The van der Waals surface area contributed by atoms with Crippen molar-refractivity contribution in [2.45, 2.75) is 19.5 Å². The predicted molar refractivity (Wildman–Crippen MR) is 63.2 cm³/mol. The van der Waals surface area contributed by atoms with Crippen LogP contribution in [0.4, 0.5) is 13.2 Å². The minimum Gasteiger partial charge on any atom is -0.382 e. The van der Waals surface area contributed by atoms with Gasteiger partial charge in [-0.05, 0) is 13.3 Å². The first kappa shape index (κ1) is 17.9. The van der Waals surface area contributed by atoms with Crippen LogP contribution in [0.3, 0.4) is 0 Å². The summed E-state index contributed by atoms with van der Waals surface area (Å²) in [7, 11) is -3.97. The zero-order chi connectivity index (χ0) is 14.2. The molecule has 0 aliphatic carbocycles. The van der Waals surface area contributed by atoms with Gasteiger partial charge in [0.05, 0.1) is 5.75 Å². The summed E-state index contributed by atoms with van der Waals surface area (Å²) in [5.41, 5.74) is 0. The van der Waals surface area contributed by atoms with Crippen LogP contribution in [0.2, 0.25) is 0 Å². The van der Waals surface area contributed by atoms with E-state index in [4.69, 9.17) is 16.3 Å². The van der Waals surface area contributed by atoms with Gasteiger partial charge in [0.2, 0.25) is 10.0 Å². The number of nitrogens with zero attached hydrogens (tertiary/aromatic N) is 1. The first-order valence-electron chi connectivity index (χ1n) is 5.41. The zero-order valence-electron chi connectivity index (χ0n) is 10.0. The summed E-state index contributed by atoms with van der Waals surface area (Å²) in [5, 5.41) is 0. The molecule has 0 aliphatic heterocycles. The van der Waals surface area contributed by atoms with E-state index in [2.05, 4.69) is 0 Å². The molecule has 0 saturated carbocycles. The van der Waals surface area contributed by atoms with Gasteiger partial charge < -0.3 is 4.74 Å². The molecule has 0 aliphatic rings. The van der Waals surface area contributed by atoms with Crippen LogP contribution < -0.4 is 0 Å². The van der Waals surface area contributed by atoms with Gasteiger partial charge in [0.1, 0.15) is 6.54 Å². The molecule has 4 nitrogen and oxygen atoms in total. The lowest BCUT2D eigenvalue weighted by molar-refractivity contribution is -0.136. The smallest absolute Gasteiger partial charge is 0.382 e. The van der Waals surface area contributed by atoms with Crippen molar-refractivity contribution in [1.29, 1.82) is 0 Å². The van der Waals surface area contributed by atoms with E-state index in [0.29, 0.717) is 10.9 Å². The number of hydrogen-bond acceptors (Lipinski definition) is 3. The Kier molecular flexibility index (Phi) is 8.16. The van der Waals surface area contributed by atoms with Gasteiger partial charge in [-0.15, -0.1) is 11.6 Å². The van der Waals surface area contributed by atoms with Crippen molar-refractivity contribution in [1.82, 2.24) is 4.31 Å². The largest absolute Gasteiger partial charge is 0.402 e. The summed E-state index contributed by atoms with van der Waals surface area (Å²) in [6, 6.07) is 0. The quantitative estimate of drug-likeness (QED) is 0.482. The predicted octanol–water partition coefficient (Wildman–Crippen LogP) is 1.85. The normalized spacial score (nSPS) is 13.2. The molecule has 0 atom stereocenters. The van der Waals surface area contributed by atoms with Gasteiger partial charge in [0, 0.05) is 25.6 Å². The van der Waals surface area contributed by atoms with E-state index in [1.165, 1.54) is 0 Å². The molecule has 9 heteroatoms. The van der Waals surface area contributed by atoms with Crippen molar-refractivity contribution in [3.63, 3.8) is 0 Å². The summed E-state index contributed by atoms with van der Waals surface area (Å²) >= 11 is 5.27. The molecule has 0 saturated heterocycles. The molecule has 0 aromatic rings. The summed E-state index contributed by atoms with van der Waals surface area (Å²) in [6.07, 6.45) is -4.35. The maximum absolute atomic E-state index is 12.3. The van der Waals surface area contributed by atoms with E-state index in [0.717, 1.165) is 0 Å². The van der Waals surface area contributed by atoms with Crippen LogP contribution >= 0.6 is 11.6 Å². The Morgan fingerprint density at radius 1 is 1.33 bits per heavy atom. The van der Waals surface area contributed by atoms with Crippen LogP contribution in [-0.2, 0) is 14.8 Å². The lowest BCUT2D eigenvalue weighted by Crippen LogP contribution is -2.41. The lowest BCUT2D eigenvalue weighted by atomic mass is 10.4. The average Bonchev–Trinajstić information content (AvgIpc) is 2.20. The number of sulfonamides is 1. The summed E-state index contributed by atoms with van der Waals surface area (Å²) in [6.45, 7) is 0.698. The first-order chi connectivity index (χ1) is 8.23. The minimum absolute atomic E-state index is 0.214. The topological polar surface area (TPSA) is 46.6 Å². The molecular formula is C9H17ClF3NO3S. The highest BCUT2D eigenvalue weighted by molar-refractivity contribution is 7.89. The van der Waals surface area contributed by atoms with Crippen LogP contribution in [-0.4, -0.2) is 56.8 Å². The monoisotopic (exact) mass is 311 g/mol. The number of hydrogen-bond donors (Lipinski definition) is 0. The fourth-order valence-electron chi connectivity index (χ4n) is 1.23. The third-order valence-electron chi connectivity index (χ3n) is 1.98. The molecule has 0 heterocycles. The van der Waals surface area contributed by atoms with Gasteiger partial charge in [0.25, 0.3) is 0 Å². The molecule has 0 rings (SSSR count). The van der Waals surface area contributed by atoms with Gasteiger partial charge in [-0.1, -0.05) is 0 Å². The highest BCUT2D eigenvalue weighted by Crippen LogP contribution is 2.19. The molecule has 0 amide bonds. The second kappa shape index (κ2) is 8.19. The van der Waals surface area contributed by atoms with Crippen molar-refractivity contribution < 1.29 is 26.3 Å². The Bertz CT molecular complexity index is 322. The van der Waals surface area contributed by atoms with Gasteiger partial charge in [-0.25, -0.2) is 8.42 Å². The minimum atomic E-state index is -4.56. The van der Waals surface area contributed by atoms with E-state index in [1.807, 2.05) is 0 Å². The van der Waals surface area contributed by atoms with E-state index < -0.39 is 28.5 Å². The van der Waals surface area contributed by atoms with Gasteiger partial charge in [0.15, 0.2) is 0 Å². The maximum atomic E-state index is 12.3. The van der Waals surface area contributed by atoms with E-state index in [1.54, 1.807) is 6.92 Å². The molecule has 0 aromatic heterocycles. The van der Waals surface area contributed by atoms with Gasteiger partial charge in [-0.3, -0.25) is 0 Å². The molecule has 0 spiro atoms. The molecule has 0 bridgehead atoms. The van der Waals surface area contributed by atoms with Crippen molar-refractivity contribution in [2.24, 2.45) is 0 Å². The number of rotatable bonds is 9. The molecule has 18 heavy (non-hydrogen) atoms. The number of alkyl halides is 4. The molecule has 0 fully saturated rings. The Morgan fingerprint density at radius 2 is 1.94 bits per heavy atom. The summed E-state index contributed by atoms with van der Waals surface area (Å²) < 4.78 is 65.4. The van der Waals surface area contributed by atoms with E-state index >= 15 is 0 Å². The van der Waals surface area contributed by atoms with E-state index in [9.17, 15) is 21.6 Å². The van der Waals surface area contributed by atoms with Crippen molar-refractivity contribution in [2.75, 3.05) is 37.9 Å². The Labute approximate surface area is 110 Å². The first-order valence-corrected chi connectivity index (χ1v) is 7.55. The Balaban J connectivity index is 4.53. The molecular weight excluding hydrogens is 295 g/mol. The second-order valence-corrected chi connectivity index (χ2v) is 5.97. The standard InChI is InChI=1S/C9H17ClF3NO3S/c1-2-17-6-3-5-14(8-9(11,12)13)18(15,16)7-4-10/h2-8H2,1H3. The van der Waals surface area contributed by atoms with Gasteiger partial charge in [-0.2, -0.15) is 17.5 Å². The van der Waals surface area contributed by atoms with Crippen LogP contribution in [0.1, 0.15) is 13.3 Å². The fourth-order valence-corrected chi connectivity index (χ4v) is 3.02. The maximum Gasteiger partial charge on any atom is 0.402 e. The molecule has 0 radical (unpaired) electrons. The zero-order valence-corrected chi connectivity index (χ0v) is 11.6. The van der Waals surface area contributed by atoms with Crippen LogP contribution in [0, 0.1) is 0 Å². The van der Waals surface area contributed by atoms with E-state index in [-0.39, 0.29) is 25.5 Å². The SMILES string of the molecule is CCOCCCN(CC(F)(F)F)S(=O)(=O)CCCl. The van der Waals surface area contributed by atoms with Crippen LogP contribution in [0.25, 0.3) is 0 Å². The van der Waals surface area contributed by atoms with Crippen LogP contribution in [0.5, 0.6) is 0 Å². The Morgan fingerprint density at radius 3 is 2.39 bits per heavy atom. The summed E-state index contributed by atoms with van der Waals surface area (Å²) in [4.78, 5) is 0. The van der Waals surface area contributed by atoms with Crippen molar-refractivity contribution in [3.8, 4) is 0 Å². The second-order valence-electron chi connectivity index (χ2n) is 3.50. The van der Waals surface area contributed by atoms with Gasteiger partial charge >= 0.3 is 6.18 Å². The molecule has 110 valence electrons. The van der Waals surface area contributed by atoms with Crippen molar-refractivity contribution in [3.05, 3.63) is 0 Å². The fraction of sp³-hybridized carbons (Fsp3) is 1.00. The third-order valence-corrected chi connectivity index (χ3v) is 4.22. The highest BCUT2D eigenvalue weighted by atomic mass is 35.5. The number of ether oxygens (including phenoxy) is 1. The average molecular weight is 312 g/mol. The molecule has 0 unspecified atom stereocenters. The lowest BCUT2D eigenvalue weighted by Gasteiger charge is -2.22. The third kappa shape index (κ3) is 8.12. The Hall–Kier alpha value is -0.0500. The van der Waals surface area contributed by atoms with Crippen LogP contribution in [0.15, 0.2) is 0 Å². The molecule has 0 aromatic carbocycles. The number of halogens is 4. The highest BCUT2D eigenvalue weighted by Gasteiger charge is 2.35. The summed E-state index contributed by atoms with van der Waals surface area (Å²) in [5.74, 6) is -0.735. The molecule has 0 N–H and O–H groups in total. The van der Waals surface area contributed by atoms with Crippen molar-refractivity contribution >= 4 is 21.6 Å².